The molecule has 0 aromatic heterocycles. The highest BCUT2D eigenvalue weighted by molar-refractivity contribution is 5.87. The minimum atomic E-state index is -0.0147. The molecule has 0 aromatic rings. The van der Waals surface area contributed by atoms with Gasteiger partial charge in [-0.05, 0) is 31.6 Å². The zero-order chi connectivity index (χ0) is 12.6. The van der Waals surface area contributed by atoms with Crippen LogP contribution in [0, 0.1) is 0 Å². The highest BCUT2D eigenvalue weighted by Gasteiger charge is 1.99. The number of ketones is 1. The Morgan fingerprint density at radius 2 is 1.75 bits per heavy atom. The molecule has 16 heavy (non-hydrogen) atoms. The second-order valence-electron chi connectivity index (χ2n) is 3.12. The maximum atomic E-state index is 10.8. The van der Waals surface area contributed by atoms with E-state index in [0.29, 0.717) is 11.5 Å². The maximum Gasteiger partial charge on any atom is 0.156 e. The fourth-order valence-electron chi connectivity index (χ4n) is 0.945. The zero-order valence-electron chi connectivity index (χ0n) is 10.2. The number of ether oxygens (including phenoxy) is 2. The summed E-state index contributed by atoms with van der Waals surface area (Å²) in [5, 5.41) is 0. The minimum absolute atomic E-state index is 0.0147. The van der Waals surface area contributed by atoms with Crippen LogP contribution in [0.3, 0.4) is 0 Å². The molecule has 0 unspecified atom stereocenters. The quantitative estimate of drug-likeness (QED) is 0.394. The summed E-state index contributed by atoms with van der Waals surface area (Å²) in [6.07, 6.45) is 6.55. The predicted molar refractivity (Wildman–Crippen MR) is 64.8 cm³/mol. The Morgan fingerprint density at radius 3 is 2.12 bits per heavy atom. The molecule has 0 aliphatic heterocycles. The molecule has 0 spiro atoms. The van der Waals surface area contributed by atoms with Crippen LogP contribution < -0.4 is 0 Å². The van der Waals surface area contributed by atoms with Crippen molar-refractivity contribution in [3.05, 3.63) is 48.0 Å². The predicted octanol–water partition coefficient (Wildman–Crippen LogP) is 2.77. The second kappa shape index (κ2) is 7.51. The summed E-state index contributed by atoms with van der Waals surface area (Å²) in [6, 6.07) is 0. The molecule has 0 rings (SSSR count). The Hall–Kier alpha value is -1.77. The van der Waals surface area contributed by atoms with E-state index in [1.165, 1.54) is 13.0 Å². The minimum Gasteiger partial charge on any atom is -0.498 e. The summed E-state index contributed by atoms with van der Waals surface area (Å²) in [6.45, 7) is 6.95. The lowest BCUT2D eigenvalue weighted by atomic mass is 10.2. The maximum absolute atomic E-state index is 10.8. The molecule has 3 heteroatoms. The monoisotopic (exact) mass is 222 g/mol. The Balaban J connectivity index is 5.07. The summed E-state index contributed by atoms with van der Waals surface area (Å²) in [5.74, 6) is 1.25. The van der Waals surface area contributed by atoms with E-state index >= 15 is 0 Å². The normalized spacial score (nSPS) is 13.4. The summed E-state index contributed by atoms with van der Waals surface area (Å²) in [5.41, 5.74) is 0.781. The second-order valence-corrected chi connectivity index (χ2v) is 3.12. The zero-order valence-corrected chi connectivity index (χ0v) is 10.2. The Bertz CT molecular complexity index is 346. The average Bonchev–Trinajstić information content (AvgIpc) is 2.28. The van der Waals surface area contributed by atoms with Crippen LogP contribution in [-0.2, 0) is 14.3 Å². The molecule has 0 saturated heterocycles. The number of carbonyl (C=O) groups excluding carboxylic acids is 1. The van der Waals surface area contributed by atoms with E-state index in [2.05, 4.69) is 6.58 Å². The van der Waals surface area contributed by atoms with Crippen LogP contribution >= 0.6 is 0 Å². The van der Waals surface area contributed by atoms with Crippen LogP contribution in [0.15, 0.2) is 48.0 Å². The van der Waals surface area contributed by atoms with E-state index in [1.54, 1.807) is 39.4 Å². The molecule has 0 heterocycles. The molecule has 0 saturated carbocycles. The molecular formula is C13H18O3. The van der Waals surface area contributed by atoms with Gasteiger partial charge in [-0.25, -0.2) is 0 Å². The highest BCUT2D eigenvalue weighted by atomic mass is 16.5. The standard InChI is InChI=1S/C13H18O3/c1-6-12(8-7-10(2)14)9-13(16-5)11(3)15-4/h6-9H,1H2,2-5H3/b8-7+,12-9+,13-11-. The van der Waals surface area contributed by atoms with Crippen molar-refractivity contribution < 1.29 is 14.3 Å². The first-order valence-corrected chi connectivity index (χ1v) is 4.86. The average molecular weight is 222 g/mol. The van der Waals surface area contributed by atoms with Gasteiger partial charge >= 0.3 is 0 Å². The summed E-state index contributed by atoms with van der Waals surface area (Å²) in [7, 11) is 3.13. The molecule has 0 amide bonds. The van der Waals surface area contributed by atoms with Gasteiger partial charge in [-0.15, -0.1) is 0 Å². The van der Waals surface area contributed by atoms with Crippen molar-refractivity contribution in [2.24, 2.45) is 0 Å². The summed E-state index contributed by atoms with van der Waals surface area (Å²) in [4.78, 5) is 10.8. The molecule has 0 bridgehead atoms. The van der Waals surface area contributed by atoms with Crippen molar-refractivity contribution in [2.75, 3.05) is 14.2 Å². The molecule has 0 atom stereocenters. The van der Waals surface area contributed by atoms with Gasteiger partial charge in [-0.1, -0.05) is 18.7 Å². The van der Waals surface area contributed by atoms with Crippen molar-refractivity contribution in [3.8, 4) is 0 Å². The largest absolute Gasteiger partial charge is 0.498 e. The first-order chi connectivity index (χ1) is 7.54. The lowest BCUT2D eigenvalue weighted by Gasteiger charge is -2.06. The molecular weight excluding hydrogens is 204 g/mol. The number of hydrogen-bond donors (Lipinski definition) is 0. The Morgan fingerprint density at radius 1 is 1.12 bits per heavy atom. The van der Waals surface area contributed by atoms with Crippen LogP contribution in [0.25, 0.3) is 0 Å². The SMILES string of the molecule is C=CC(/C=C/C(C)=O)=C\C(OC)=C(/C)OC. The van der Waals surface area contributed by atoms with Gasteiger partial charge < -0.3 is 9.47 Å². The molecule has 0 N–H and O–H groups in total. The van der Waals surface area contributed by atoms with Gasteiger partial charge in [0.1, 0.15) is 5.76 Å². The third kappa shape index (κ3) is 5.20. The summed E-state index contributed by atoms with van der Waals surface area (Å²) >= 11 is 0. The van der Waals surface area contributed by atoms with Crippen LogP contribution in [0.5, 0.6) is 0 Å². The van der Waals surface area contributed by atoms with Crippen molar-refractivity contribution in [2.45, 2.75) is 13.8 Å². The highest BCUT2D eigenvalue weighted by Crippen LogP contribution is 2.11. The number of hydrogen-bond acceptors (Lipinski definition) is 3. The number of methoxy groups -OCH3 is 2. The van der Waals surface area contributed by atoms with Gasteiger partial charge in [0.2, 0.25) is 0 Å². The topological polar surface area (TPSA) is 35.5 Å². The van der Waals surface area contributed by atoms with Gasteiger partial charge in [0.15, 0.2) is 11.5 Å². The molecule has 3 nitrogen and oxygen atoms in total. The fourth-order valence-corrected chi connectivity index (χ4v) is 0.945. The van der Waals surface area contributed by atoms with E-state index in [4.69, 9.17) is 9.47 Å². The van der Waals surface area contributed by atoms with Gasteiger partial charge in [0.05, 0.1) is 14.2 Å². The van der Waals surface area contributed by atoms with Crippen molar-refractivity contribution in [1.82, 2.24) is 0 Å². The van der Waals surface area contributed by atoms with Crippen molar-refractivity contribution in [3.63, 3.8) is 0 Å². The van der Waals surface area contributed by atoms with Gasteiger partial charge in [0, 0.05) is 0 Å². The molecule has 88 valence electrons. The van der Waals surface area contributed by atoms with E-state index in [-0.39, 0.29) is 5.78 Å². The lowest BCUT2D eigenvalue weighted by Crippen LogP contribution is -1.92. The molecule has 0 fully saturated rings. The van der Waals surface area contributed by atoms with Crippen LogP contribution in [0.1, 0.15) is 13.8 Å². The smallest absolute Gasteiger partial charge is 0.156 e. The molecule has 0 aliphatic rings. The van der Waals surface area contributed by atoms with Gasteiger partial charge in [-0.2, -0.15) is 0 Å². The fraction of sp³-hybridized carbons (Fsp3) is 0.308. The first kappa shape index (κ1) is 14.2. The number of allylic oxidation sites excluding steroid dienone is 6. The van der Waals surface area contributed by atoms with E-state index in [9.17, 15) is 4.79 Å². The number of carbonyl (C=O) groups is 1. The molecule has 0 radical (unpaired) electrons. The lowest BCUT2D eigenvalue weighted by molar-refractivity contribution is -0.112. The first-order valence-electron chi connectivity index (χ1n) is 4.86. The molecule has 0 aliphatic carbocycles. The van der Waals surface area contributed by atoms with Crippen LogP contribution in [0.4, 0.5) is 0 Å². The Kier molecular flexibility index (Phi) is 6.68. The van der Waals surface area contributed by atoms with Gasteiger partial charge in [-0.3, -0.25) is 4.79 Å². The van der Waals surface area contributed by atoms with E-state index in [0.717, 1.165) is 5.57 Å². The van der Waals surface area contributed by atoms with E-state index in [1.807, 2.05) is 0 Å². The van der Waals surface area contributed by atoms with E-state index < -0.39 is 0 Å². The third-order valence-corrected chi connectivity index (χ3v) is 1.92. The molecule has 0 aromatic carbocycles. The van der Waals surface area contributed by atoms with Crippen molar-refractivity contribution in [1.29, 1.82) is 0 Å². The third-order valence-electron chi connectivity index (χ3n) is 1.92. The van der Waals surface area contributed by atoms with Crippen LogP contribution in [0.2, 0.25) is 0 Å². The Labute approximate surface area is 96.7 Å². The van der Waals surface area contributed by atoms with Crippen molar-refractivity contribution >= 4 is 5.78 Å². The van der Waals surface area contributed by atoms with Gasteiger partial charge in [0.25, 0.3) is 0 Å². The van der Waals surface area contributed by atoms with Crippen LogP contribution in [-0.4, -0.2) is 20.0 Å². The number of rotatable bonds is 6. The summed E-state index contributed by atoms with van der Waals surface area (Å²) < 4.78 is 10.2.